The van der Waals surface area contributed by atoms with Crippen LogP contribution in [0.1, 0.15) is 94.9 Å². The van der Waals surface area contributed by atoms with Crippen LogP contribution in [-0.4, -0.2) is 167 Å². The first-order valence-electron chi connectivity index (χ1n) is 20.4. The fraction of sp³-hybridized carbons (Fsp3) is 0.927. The number of carbonyl (C=O) groups excluding carboxylic acids is 1. The van der Waals surface area contributed by atoms with Crippen molar-refractivity contribution >= 4 is 5.97 Å². The quantitative estimate of drug-likeness (QED) is 0.209. The molecule has 14 heteroatoms. The van der Waals surface area contributed by atoms with Crippen LogP contribution in [0.25, 0.3) is 0 Å². The molecule has 4 heterocycles. The topological polar surface area (TPSA) is 169 Å². The fourth-order valence-corrected chi connectivity index (χ4v) is 9.78. The van der Waals surface area contributed by atoms with Crippen molar-refractivity contribution in [2.24, 2.45) is 17.8 Å². The Morgan fingerprint density at radius 2 is 1.67 bits per heavy atom. The minimum Gasteiger partial charge on any atom is -0.459 e. The predicted octanol–water partition coefficient (Wildman–Crippen LogP) is 2.86. The van der Waals surface area contributed by atoms with Gasteiger partial charge < -0.3 is 58.5 Å². The van der Waals surface area contributed by atoms with Gasteiger partial charge in [-0.1, -0.05) is 26.8 Å². The lowest BCUT2D eigenvalue weighted by atomic mass is 9.77. The number of hydrogen-bond acceptors (Lipinski definition) is 14. The minimum absolute atomic E-state index is 0.110. The number of hydrogen-bond donors (Lipinski definition) is 4. The highest BCUT2D eigenvalue weighted by Crippen LogP contribution is 2.41. The molecule has 4 rings (SSSR count). The van der Waals surface area contributed by atoms with Crippen LogP contribution in [0.3, 0.4) is 0 Å². The van der Waals surface area contributed by atoms with E-state index < -0.39 is 89.9 Å². The van der Waals surface area contributed by atoms with Gasteiger partial charge in [-0.3, -0.25) is 9.69 Å². The summed E-state index contributed by atoms with van der Waals surface area (Å²) in [6.45, 7) is 23.2. The number of methoxy groups -OCH3 is 1. The van der Waals surface area contributed by atoms with Gasteiger partial charge >= 0.3 is 5.97 Å². The summed E-state index contributed by atoms with van der Waals surface area (Å²) in [5, 5.41) is 47.5. The lowest BCUT2D eigenvalue weighted by Crippen LogP contribution is -2.65. The predicted molar refractivity (Wildman–Crippen MR) is 206 cm³/mol. The van der Waals surface area contributed by atoms with Crippen LogP contribution in [0, 0.1) is 17.8 Å². The maximum Gasteiger partial charge on any atom is 0.311 e. The molecule has 4 N–H and O–H groups in total. The number of esters is 1. The van der Waals surface area contributed by atoms with Crippen LogP contribution in [0.4, 0.5) is 0 Å². The van der Waals surface area contributed by atoms with E-state index in [1.165, 1.54) is 7.11 Å². The van der Waals surface area contributed by atoms with Crippen molar-refractivity contribution in [1.82, 2.24) is 9.80 Å². The summed E-state index contributed by atoms with van der Waals surface area (Å²) < 4.78 is 44.4. The molecule has 0 spiro atoms. The lowest BCUT2D eigenvalue weighted by Gasteiger charge is -2.51. The number of aliphatic hydroxyl groups is 4. The molecule has 4 fully saturated rings. The molecule has 2 bridgehead atoms. The zero-order chi connectivity index (χ0) is 41.4. The van der Waals surface area contributed by atoms with E-state index in [1.54, 1.807) is 34.6 Å². The van der Waals surface area contributed by atoms with Gasteiger partial charge in [0.05, 0.1) is 54.2 Å². The number of carbonyl (C=O) groups is 1. The van der Waals surface area contributed by atoms with Crippen LogP contribution >= 0.6 is 0 Å². The second kappa shape index (κ2) is 18.3. The fourth-order valence-electron chi connectivity index (χ4n) is 9.78. The molecule has 0 aromatic rings. The second-order valence-electron chi connectivity index (χ2n) is 18.0. The number of rotatable bonds is 8. The van der Waals surface area contributed by atoms with Crippen molar-refractivity contribution < 1.29 is 58.4 Å². The van der Waals surface area contributed by atoms with Crippen molar-refractivity contribution in [3.8, 4) is 0 Å². The van der Waals surface area contributed by atoms with Gasteiger partial charge in [-0.2, -0.15) is 0 Å². The van der Waals surface area contributed by atoms with Crippen LogP contribution in [0.2, 0.25) is 0 Å². The SMILES string of the molecule is C=CC1CO[C@@H]2[C@@H](C)N1C[C@H](C)C[C@@](C)(O)[C@H](O[C@@H]1O[C@H](C)C[C@H](N(C)C)[C@H]1O)[C@@H](C)[C@H](O[C@H]1C[C@@](C)(OC)[C@@H](O)[C@H](C)O1)[C@@H](C)C(=O)O[C@H](CC)[C@@]2(C)O. The molecule has 0 saturated carbocycles. The lowest BCUT2D eigenvalue weighted by molar-refractivity contribution is -0.318. The smallest absolute Gasteiger partial charge is 0.311 e. The van der Waals surface area contributed by atoms with Gasteiger partial charge in [0.15, 0.2) is 12.6 Å². The first-order valence-corrected chi connectivity index (χ1v) is 20.4. The average Bonchev–Trinajstić information content (AvgIpc) is 3.10. The Balaban J connectivity index is 1.85. The average molecular weight is 787 g/mol. The van der Waals surface area contributed by atoms with Crippen LogP contribution in [0.5, 0.6) is 0 Å². The molecule has 0 aromatic carbocycles. The first kappa shape index (κ1) is 46.4. The van der Waals surface area contributed by atoms with E-state index in [0.29, 0.717) is 19.4 Å². The summed E-state index contributed by atoms with van der Waals surface area (Å²) in [7, 11) is 5.32. The normalized spacial score (nSPS) is 50.8. The minimum atomic E-state index is -1.57. The number of fused-ring (bicyclic) bond motifs is 2. The maximum absolute atomic E-state index is 14.4. The Hall–Kier alpha value is -1.27. The number of ether oxygens (including phenoxy) is 7. The molecular weight excluding hydrogens is 712 g/mol. The molecule has 0 aliphatic carbocycles. The Morgan fingerprint density at radius 3 is 2.25 bits per heavy atom. The van der Waals surface area contributed by atoms with Gasteiger partial charge in [-0.15, -0.1) is 6.58 Å². The van der Waals surface area contributed by atoms with E-state index in [1.807, 2.05) is 52.8 Å². The molecule has 320 valence electrons. The van der Waals surface area contributed by atoms with Gasteiger partial charge in [0.25, 0.3) is 0 Å². The molecule has 4 aliphatic rings. The summed E-state index contributed by atoms with van der Waals surface area (Å²) in [5.74, 6) is -2.44. The first-order chi connectivity index (χ1) is 25.5. The second-order valence-corrected chi connectivity index (χ2v) is 18.0. The Labute approximate surface area is 329 Å². The third kappa shape index (κ3) is 9.96. The summed E-state index contributed by atoms with van der Waals surface area (Å²) in [6, 6.07) is -0.722. The largest absolute Gasteiger partial charge is 0.459 e. The summed E-state index contributed by atoms with van der Waals surface area (Å²) in [4.78, 5) is 18.6. The molecule has 4 aliphatic heterocycles. The Kier molecular flexibility index (Phi) is 15.5. The van der Waals surface area contributed by atoms with Gasteiger partial charge in [0.2, 0.25) is 0 Å². The van der Waals surface area contributed by atoms with Crippen LogP contribution in [-0.2, 0) is 38.0 Å². The molecule has 20 atom stereocenters. The number of nitrogens with zero attached hydrogens (tertiary/aromatic N) is 2. The summed E-state index contributed by atoms with van der Waals surface area (Å²) in [5.41, 5.74) is -4.12. The molecule has 0 aromatic heterocycles. The molecular formula is C41H74N2O12. The molecule has 0 amide bonds. The summed E-state index contributed by atoms with van der Waals surface area (Å²) in [6.07, 6.45) is -5.42. The van der Waals surface area contributed by atoms with Gasteiger partial charge in [0.1, 0.15) is 30.0 Å². The van der Waals surface area contributed by atoms with E-state index >= 15 is 0 Å². The number of aliphatic hydroxyl groups excluding tert-OH is 2. The number of morpholine rings is 1. The third-order valence-corrected chi connectivity index (χ3v) is 13.1. The Morgan fingerprint density at radius 1 is 1.02 bits per heavy atom. The van der Waals surface area contributed by atoms with Crippen LogP contribution < -0.4 is 0 Å². The molecule has 0 radical (unpaired) electrons. The third-order valence-electron chi connectivity index (χ3n) is 13.1. The van der Waals surface area contributed by atoms with Gasteiger partial charge in [0, 0.05) is 38.1 Å². The van der Waals surface area contributed by atoms with Gasteiger partial charge in [-0.25, -0.2) is 0 Å². The van der Waals surface area contributed by atoms with Crippen molar-refractivity contribution in [2.45, 2.75) is 191 Å². The molecule has 55 heavy (non-hydrogen) atoms. The van der Waals surface area contributed by atoms with Crippen molar-refractivity contribution in [1.29, 1.82) is 0 Å². The van der Waals surface area contributed by atoms with Gasteiger partial charge in [-0.05, 0) is 87.7 Å². The maximum atomic E-state index is 14.4. The van der Waals surface area contributed by atoms with Crippen molar-refractivity contribution in [3.05, 3.63) is 12.7 Å². The van der Waals surface area contributed by atoms with E-state index in [9.17, 15) is 25.2 Å². The number of likely N-dealkylation sites (N-methyl/N-ethyl adjacent to an activating group) is 1. The standard InChI is InChI=1S/C41H74N2O12/c1-15-28-21-50-36-26(7)43(28)20-22(3)18-39(9,47)35(55-38-32(44)29(42(12)13)17-23(4)51-38)24(5)33(25(6)37(46)53-30(16-2)41(36,11)48)54-31-19-40(10,49-14)34(45)27(8)52-31/h15,22-36,38,44-45,47-48H,1,16-21H2,2-14H3/t22-,23-,24+,25-,26-,27+,28?,29+,30-,31+,32-,33+,34+,35-,36-,38+,39-,40-,41-/m1/s1. The van der Waals surface area contributed by atoms with E-state index in [2.05, 4.69) is 18.4 Å². The van der Waals surface area contributed by atoms with E-state index in [4.69, 9.17) is 33.2 Å². The number of cyclic esters (lactones) is 1. The van der Waals surface area contributed by atoms with Crippen LogP contribution in [0.15, 0.2) is 12.7 Å². The highest BCUT2D eigenvalue weighted by molar-refractivity contribution is 5.73. The molecule has 14 nitrogen and oxygen atoms in total. The van der Waals surface area contributed by atoms with E-state index in [-0.39, 0.29) is 49.6 Å². The highest BCUT2D eigenvalue weighted by atomic mass is 16.7. The zero-order valence-corrected chi connectivity index (χ0v) is 35.7. The summed E-state index contributed by atoms with van der Waals surface area (Å²) >= 11 is 0. The van der Waals surface area contributed by atoms with Crippen molar-refractivity contribution in [2.75, 3.05) is 34.4 Å². The Bertz CT molecular complexity index is 1270. The zero-order valence-electron chi connectivity index (χ0n) is 35.7. The highest BCUT2D eigenvalue weighted by Gasteiger charge is 2.54. The van der Waals surface area contributed by atoms with Crippen molar-refractivity contribution in [3.63, 3.8) is 0 Å². The van der Waals surface area contributed by atoms with E-state index in [0.717, 1.165) is 0 Å². The monoisotopic (exact) mass is 787 g/mol. The molecule has 2 unspecified atom stereocenters. The molecule has 4 saturated heterocycles.